The molecule has 0 radical (unpaired) electrons. The summed E-state index contributed by atoms with van der Waals surface area (Å²) in [7, 11) is 0. The molecule has 1 aromatic rings. The van der Waals surface area contributed by atoms with Gasteiger partial charge in [0.15, 0.2) is 0 Å². The SMILES string of the molecule is CC(=O)NCCN(C(=O)C1CC1c1ccccc1Cl)C(C)C(=O)O. The minimum absolute atomic E-state index is 0.0236. The lowest BCUT2D eigenvalue weighted by atomic mass is 10.1. The van der Waals surface area contributed by atoms with Gasteiger partial charge in [0.05, 0.1) is 0 Å². The van der Waals surface area contributed by atoms with E-state index in [1.807, 2.05) is 18.2 Å². The minimum atomic E-state index is -1.07. The first kappa shape index (κ1) is 18.3. The van der Waals surface area contributed by atoms with E-state index in [-0.39, 0.29) is 36.7 Å². The fourth-order valence-corrected chi connectivity index (χ4v) is 3.06. The van der Waals surface area contributed by atoms with E-state index >= 15 is 0 Å². The number of halogens is 1. The van der Waals surface area contributed by atoms with Gasteiger partial charge >= 0.3 is 5.97 Å². The summed E-state index contributed by atoms with van der Waals surface area (Å²) in [6, 6.07) is 6.43. The molecule has 3 atom stereocenters. The quantitative estimate of drug-likeness (QED) is 0.784. The van der Waals surface area contributed by atoms with Crippen LogP contribution in [0.15, 0.2) is 24.3 Å². The first-order valence-corrected chi connectivity index (χ1v) is 8.23. The molecule has 0 bridgehead atoms. The summed E-state index contributed by atoms with van der Waals surface area (Å²) in [5.74, 6) is -1.73. The van der Waals surface area contributed by atoms with E-state index < -0.39 is 12.0 Å². The second kappa shape index (κ2) is 7.66. The Morgan fingerprint density at radius 2 is 2.04 bits per heavy atom. The Balaban J connectivity index is 2.07. The van der Waals surface area contributed by atoms with Crippen molar-refractivity contribution < 1.29 is 19.5 Å². The number of rotatable bonds is 7. The van der Waals surface area contributed by atoms with Gasteiger partial charge in [-0.05, 0) is 30.9 Å². The van der Waals surface area contributed by atoms with Gasteiger partial charge in [-0.25, -0.2) is 4.79 Å². The summed E-state index contributed by atoms with van der Waals surface area (Å²) in [5, 5.41) is 12.4. The van der Waals surface area contributed by atoms with Crippen LogP contribution in [0.25, 0.3) is 0 Å². The number of carboxylic acid groups (broad SMARTS) is 1. The van der Waals surface area contributed by atoms with Crippen LogP contribution in [0.5, 0.6) is 0 Å². The summed E-state index contributed by atoms with van der Waals surface area (Å²) >= 11 is 6.17. The molecular formula is C17H21ClN2O4. The van der Waals surface area contributed by atoms with Crippen LogP contribution in [0.1, 0.15) is 31.7 Å². The molecule has 1 aromatic carbocycles. The largest absolute Gasteiger partial charge is 0.480 e. The van der Waals surface area contributed by atoms with Crippen LogP contribution >= 0.6 is 11.6 Å². The van der Waals surface area contributed by atoms with Crippen molar-refractivity contribution in [2.75, 3.05) is 13.1 Å². The molecule has 24 heavy (non-hydrogen) atoms. The van der Waals surface area contributed by atoms with Crippen LogP contribution in [0.3, 0.4) is 0 Å². The molecule has 1 fully saturated rings. The van der Waals surface area contributed by atoms with Crippen molar-refractivity contribution >= 4 is 29.4 Å². The zero-order valence-corrected chi connectivity index (χ0v) is 14.4. The molecule has 3 unspecified atom stereocenters. The number of hydrogen-bond donors (Lipinski definition) is 2. The van der Waals surface area contributed by atoms with E-state index in [2.05, 4.69) is 5.32 Å². The fourth-order valence-electron chi connectivity index (χ4n) is 2.78. The zero-order chi connectivity index (χ0) is 17.9. The van der Waals surface area contributed by atoms with Crippen molar-refractivity contribution in [1.29, 1.82) is 0 Å². The number of aliphatic carboxylic acids is 1. The molecule has 0 saturated heterocycles. The predicted octanol–water partition coefficient (Wildman–Crippen LogP) is 1.88. The van der Waals surface area contributed by atoms with Gasteiger partial charge in [0, 0.05) is 31.0 Å². The van der Waals surface area contributed by atoms with Crippen LogP contribution in [0.4, 0.5) is 0 Å². The summed E-state index contributed by atoms with van der Waals surface area (Å²) in [6.45, 7) is 3.24. The number of hydrogen-bond acceptors (Lipinski definition) is 3. The van der Waals surface area contributed by atoms with Crippen molar-refractivity contribution in [3.05, 3.63) is 34.9 Å². The monoisotopic (exact) mass is 352 g/mol. The number of carboxylic acids is 1. The third-order valence-corrected chi connectivity index (χ3v) is 4.59. The third kappa shape index (κ3) is 4.26. The van der Waals surface area contributed by atoms with Crippen molar-refractivity contribution in [1.82, 2.24) is 10.2 Å². The van der Waals surface area contributed by atoms with Crippen LogP contribution in [0, 0.1) is 5.92 Å². The first-order valence-electron chi connectivity index (χ1n) is 7.85. The van der Waals surface area contributed by atoms with Crippen molar-refractivity contribution in [3.8, 4) is 0 Å². The number of benzene rings is 1. The van der Waals surface area contributed by atoms with Crippen molar-refractivity contribution in [3.63, 3.8) is 0 Å². The average Bonchev–Trinajstić information content (AvgIpc) is 3.31. The van der Waals surface area contributed by atoms with E-state index in [9.17, 15) is 19.5 Å². The van der Waals surface area contributed by atoms with Gasteiger partial charge in [-0.1, -0.05) is 29.8 Å². The molecule has 2 rings (SSSR count). The average molecular weight is 353 g/mol. The highest BCUT2D eigenvalue weighted by Gasteiger charge is 2.47. The highest BCUT2D eigenvalue weighted by atomic mass is 35.5. The maximum atomic E-state index is 12.7. The summed E-state index contributed by atoms with van der Waals surface area (Å²) in [5.41, 5.74) is 0.919. The van der Waals surface area contributed by atoms with Gasteiger partial charge in [0.1, 0.15) is 6.04 Å². The molecule has 0 aromatic heterocycles. The maximum absolute atomic E-state index is 12.7. The van der Waals surface area contributed by atoms with Gasteiger partial charge in [-0.2, -0.15) is 0 Å². The fraction of sp³-hybridized carbons (Fsp3) is 0.471. The molecule has 1 aliphatic rings. The zero-order valence-electron chi connectivity index (χ0n) is 13.7. The summed E-state index contributed by atoms with van der Waals surface area (Å²) in [6.07, 6.45) is 0.658. The van der Waals surface area contributed by atoms with Crippen molar-refractivity contribution in [2.45, 2.75) is 32.2 Å². The minimum Gasteiger partial charge on any atom is -0.480 e. The van der Waals surface area contributed by atoms with Crippen molar-refractivity contribution in [2.24, 2.45) is 5.92 Å². The number of carbonyl (C=O) groups is 3. The molecular weight excluding hydrogens is 332 g/mol. The van der Waals surface area contributed by atoms with Crippen LogP contribution in [-0.4, -0.2) is 46.9 Å². The normalized spacial score (nSPS) is 20.1. The molecule has 130 valence electrons. The summed E-state index contributed by atoms with van der Waals surface area (Å²) < 4.78 is 0. The topological polar surface area (TPSA) is 86.7 Å². The Morgan fingerprint density at radius 1 is 1.38 bits per heavy atom. The Hall–Kier alpha value is -2.08. The van der Waals surface area contributed by atoms with Gasteiger partial charge in [0.25, 0.3) is 0 Å². The molecule has 1 aliphatic carbocycles. The smallest absolute Gasteiger partial charge is 0.326 e. The lowest BCUT2D eigenvalue weighted by Crippen LogP contribution is -2.47. The molecule has 2 amide bonds. The second-order valence-electron chi connectivity index (χ2n) is 6.00. The highest BCUT2D eigenvalue weighted by molar-refractivity contribution is 6.31. The predicted molar refractivity (Wildman–Crippen MR) is 89.8 cm³/mol. The van der Waals surface area contributed by atoms with Gasteiger partial charge in [0.2, 0.25) is 11.8 Å². The van der Waals surface area contributed by atoms with Gasteiger partial charge in [-0.3, -0.25) is 9.59 Å². The van der Waals surface area contributed by atoms with Gasteiger partial charge < -0.3 is 15.3 Å². The molecule has 0 heterocycles. The standard InChI is InChI=1S/C17H21ClN2O4/c1-10(17(23)24)20(8-7-19-11(2)21)16(22)14-9-13(14)12-5-3-4-6-15(12)18/h3-6,10,13-14H,7-9H2,1-2H3,(H,19,21)(H,23,24). The van der Waals surface area contributed by atoms with Gasteiger partial charge in [-0.15, -0.1) is 0 Å². The Labute approximate surface area is 145 Å². The van der Waals surface area contributed by atoms with Crippen LogP contribution in [-0.2, 0) is 14.4 Å². The van der Waals surface area contributed by atoms with Crippen LogP contribution < -0.4 is 5.32 Å². The lowest BCUT2D eigenvalue weighted by molar-refractivity contribution is -0.150. The summed E-state index contributed by atoms with van der Waals surface area (Å²) in [4.78, 5) is 36.3. The van der Waals surface area contributed by atoms with E-state index in [1.54, 1.807) is 6.07 Å². The van der Waals surface area contributed by atoms with E-state index in [0.717, 1.165) is 5.56 Å². The highest BCUT2D eigenvalue weighted by Crippen LogP contribution is 2.50. The van der Waals surface area contributed by atoms with Crippen LogP contribution in [0.2, 0.25) is 5.02 Å². The Kier molecular flexibility index (Phi) is 5.83. The van der Waals surface area contributed by atoms with E-state index in [1.165, 1.54) is 18.7 Å². The molecule has 6 nitrogen and oxygen atoms in total. The second-order valence-corrected chi connectivity index (χ2v) is 6.41. The molecule has 7 heteroatoms. The molecule has 0 aliphatic heterocycles. The van der Waals surface area contributed by atoms with E-state index in [4.69, 9.17) is 11.6 Å². The maximum Gasteiger partial charge on any atom is 0.326 e. The number of nitrogens with zero attached hydrogens (tertiary/aromatic N) is 1. The number of carbonyl (C=O) groups excluding carboxylic acids is 2. The first-order chi connectivity index (χ1) is 11.3. The molecule has 0 spiro atoms. The van der Waals surface area contributed by atoms with E-state index in [0.29, 0.717) is 11.4 Å². The number of amides is 2. The molecule has 2 N–H and O–H groups in total. The number of nitrogens with one attached hydrogen (secondary N) is 1. The Morgan fingerprint density at radius 3 is 2.62 bits per heavy atom. The third-order valence-electron chi connectivity index (χ3n) is 4.25. The Bertz CT molecular complexity index is 649. The lowest BCUT2D eigenvalue weighted by Gasteiger charge is -2.27. The molecule has 1 saturated carbocycles.